The maximum atomic E-state index is 12.6. The monoisotopic (exact) mass is 407 g/mol. The lowest BCUT2D eigenvalue weighted by Gasteiger charge is -2.20. The Hall–Kier alpha value is -1.35. The van der Waals surface area contributed by atoms with Crippen molar-refractivity contribution < 1.29 is 9.21 Å². The first kappa shape index (κ1) is 21.7. The van der Waals surface area contributed by atoms with Crippen LogP contribution < -0.4 is 10.6 Å². The van der Waals surface area contributed by atoms with Crippen LogP contribution in [0.25, 0.3) is 0 Å². The quantitative estimate of drug-likeness (QED) is 0.836. The number of aromatic nitrogens is 2. The summed E-state index contributed by atoms with van der Waals surface area (Å²) >= 11 is 1.43. The molecule has 3 heterocycles. The second kappa shape index (κ2) is 9.96. The van der Waals surface area contributed by atoms with Crippen LogP contribution in [0.4, 0.5) is 5.13 Å². The zero-order valence-corrected chi connectivity index (χ0v) is 16.5. The molecule has 140 valence electrons. The van der Waals surface area contributed by atoms with E-state index in [4.69, 9.17) is 10.2 Å². The maximum Gasteiger partial charge on any atom is 0.257 e. The molecule has 1 saturated heterocycles. The van der Waals surface area contributed by atoms with Gasteiger partial charge in [-0.25, -0.2) is 4.98 Å². The van der Waals surface area contributed by atoms with Crippen LogP contribution in [0.3, 0.4) is 0 Å². The molecule has 10 heteroatoms. The van der Waals surface area contributed by atoms with E-state index in [1.165, 1.54) is 17.8 Å². The number of nitrogens with two attached hydrogens (primary N) is 1. The number of amides is 1. The number of hydrogen-bond donors (Lipinski definition) is 1. The zero-order chi connectivity index (χ0) is 16.2. The minimum Gasteiger partial charge on any atom is -0.467 e. The minimum atomic E-state index is 0. The van der Waals surface area contributed by atoms with E-state index in [1.807, 2.05) is 4.90 Å². The first-order chi connectivity index (χ1) is 11.2. The van der Waals surface area contributed by atoms with Gasteiger partial charge >= 0.3 is 0 Å². The summed E-state index contributed by atoms with van der Waals surface area (Å²) in [5.41, 5.74) is 6.10. The van der Waals surface area contributed by atoms with E-state index in [0.717, 1.165) is 43.4 Å². The standard InChI is InChI=1S/C15H21N5O2S.2ClH/c1-2-13-17-15(23-18-13)20-5-3-4-19(6-7-20)14(21)11-8-12(9-16)22-10-11;;/h8,10H,2-7,9,16H2,1H3;2*1H. The Morgan fingerprint density at radius 3 is 2.76 bits per heavy atom. The summed E-state index contributed by atoms with van der Waals surface area (Å²) in [6.45, 7) is 5.42. The number of halogens is 2. The number of rotatable bonds is 4. The summed E-state index contributed by atoms with van der Waals surface area (Å²) in [5, 5.41) is 0.949. The summed E-state index contributed by atoms with van der Waals surface area (Å²) in [7, 11) is 0. The van der Waals surface area contributed by atoms with Gasteiger partial charge in [0, 0.05) is 44.1 Å². The Morgan fingerprint density at radius 1 is 1.32 bits per heavy atom. The molecule has 3 rings (SSSR count). The predicted octanol–water partition coefficient (Wildman–Crippen LogP) is 2.35. The first-order valence-electron chi connectivity index (χ1n) is 7.85. The lowest BCUT2D eigenvalue weighted by Crippen LogP contribution is -2.35. The van der Waals surface area contributed by atoms with Gasteiger partial charge in [-0.3, -0.25) is 4.79 Å². The molecule has 25 heavy (non-hydrogen) atoms. The third-order valence-electron chi connectivity index (χ3n) is 3.93. The topological polar surface area (TPSA) is 88.5 Å². The van der Waals surface area contributed by atoms with Crippen molar-refractivity contribution >= 4 is 47.4 Å². The van der Waals surface area contributed by atoms with Gasteiger partial charge in [0.25, 0.3) is 5.91 Å². The molecule has 1 aliphatic rings. The molecule has 0 unspecified atom stereocenters. The largest absolute Gasteiger partial charge is 0.467 e. The van der Waals surface area contributed by atoms with Gasteiger partial charge in [0.1, 0.15) is 17.8 Å². The van der Waals surface area contributed by atoms with Crippen LogP contribution in [0.1, 0.15) is 35.3 Å². The third-order valence-corrected chi connectivity index (χ3v) is 4.74. The fourth-order valence-electron chi connectivity index (χ4n) is 2.61. The summed E-state index contributed by atoms with van der Waals surface area (Å²) in [5.74, 6) is 1.52. The van der Waals surface area contributed by atoms with Crippen LogP contribution in [0, 0.1) is 0 Å². The molecule has 2 aromatic rings. The SMILES string of the molecule is CCc1nsc(N2CCCN(C(=O)c3coc(CN)c3)CC2)n1.Cl.Cl. The molecule has 1 fully saturated rings. The lowest BCUT2D eigenvalue weighted by molar-refractivity contribution is 0.0766. The van der Waals surface area contributed by atoms with E-state index < -0.39 is 0 Å². The van der Waals surface area contributed by atoms with Crippen molar-refractivity contribution in [3.05, 3.63) is 29.5 Å². The van der Waals surface area contributed by atoms with Gasteiger partial charge in [0.15, 0.2) is 0 Å². The van der Waals surface area contributed by atoms with Gasteiger partial charge in [0.05, 0.1) is 12.1 Å². The summed E-state index contributed by atoms with van der Waals surface area (Å²) < 4.78 is 9.60. The molecule has 0 bridgehead atoms. The smallest absolute Gasteiger partial charge is 0.257 e. The summed E-state index contributed by atoms with van der Waals surface area (Å²) in [6.07, 6.45) is 3.25. The van der Waals surface area contributed by atoms with E-state index >= 15 is 0 Å². The molecule has 1 aliphatic heterocycles. The average Bonchev–Trinajstić information content (AvgIpc) is 3.18. The van der Waals surface area contributed by atoms with Crippen LogP contribution in [0.5, 0.6) is 0 Å². The van der Waals surface area contributed by atoms with Crippen molar-refractivity contribution in [1.82, 2.24) is 14.3 Å². The molecule has 0 aromatic carbocycles. The molecular formula is C15H23Cl2N5O2S. The number of carbonyl (C=O) groups excluding carboxylic acids is 1. The normalized spacial score (nSPS) is 14.5. The first-order valence-corrected chi connectivity index (χ1v) is 8.63. The molecule has 2 N–H and O–H groups in total. The summed E-state index contributed by atoms with van der Waals surface area (Å²) in [6, 6.07) is 1.73. The number of carbonyl (C=O) groups is 1. The number of hydrogen-bond acceptors (Lipinski definition) is 7. The number of furan rings is 1. The fourth-order valence-corrected chi connectivity index (χ4v) is 3.41. The zero-order valence-electron chi connectivity index (χ0n) is 14.0. The molecule has 7 nitrogen and oxygen atoms in total. The van der Waals surface area contributed by atoms with Gasteiger partial charge in [-0.1, -0.05) is 6.92 Å². The van der Waals surface area contributed by atoms with Gasteiger partial charge in [0.2, 0.25) is 5.13 Å². The molecule has 2 aromatic heterocycles. The summed E-state index contributed by atoms with van der Waals surface area (Å²) in [4.78, 5) is 21.2. The molecule has 0 saturated carbocycles. The van der Waals surface area contributed by atoms with E-state index in [2.05, 4.69) is 21.2 Å². The van der Waals surface area contributed by atoms with Crippen molar-refractivity contribution in [2.75, 3.05) is 31.1 Å². The minimum absolute atomic E-state index is 0. The highest BCUT2D eigenvalue weighted by Gasteiger charge is 2.23. The Labute approximate surface area is 163 Å². The Morgan fingerprint density at radius 2 is 2.12 bits per heavy atom. The second-order valence-corrected chi connectivity index (χ2v) is 6.22. The van der Waals surface area contributed by atoms with E-state index in [0.29, 0.717) is 24.4 Å². The highest BCUT2D eigenvalue weighted by atomic mass is 35.5. The van der Waals surface area contributed by atoms with E-state index in [9.17, 15) is 4.79 Å². The van der Waals surface area contributed by atoms with Crippen LogP contribution in [0.15, 0.2) is 16.7 Å². The van der Waals surface area contributed by atoms with Gasteiger partial charge < -0.3 is 20.0 Å². The van der Waals surface area contributed by atoms with Gasteiger partial charge in [-0.2, -0.15) is 4.37 Å². The molecule has 0 radical (unpaired) electrons. The van der Waals surface area contributed by atoms with E-state index in [1.54, 1.807) is 6.07 Å². The second-order valence-electron chi connectivity index (χ2n) is 5.49. The van der Waals surface area contributed by atoms with Crippen LogP contribution in [-0.2, 0) is 13.0 Å². The van der Waals surface area contributed by atoms with Crippen LogP contribution >= 0.6 is 36.3 Å². The molecular weight excluding hydrogens is 385 g/mol. The van der Waals surface area contributed by atoms with Crippen molar-refractivity contribution in [1.29, 1.82) is 0 Å². The van der Waals surface area contributed by atoms with Gasteiger partial charge in [-0.15, -0.1) is 24.8 Å². The number of anilines is 1. The number of nitrogens with zero attached hydrogens (tertiary/aromatic N) is 4. The lowest BCUT2D eigenvalue weighted by atomic mass is 10.2. The van der Waals surface area contributed by atoms with Crippen LogP contribution in [-0.4, -0.2) is 46.3 Å². The van der Waals surface area contributed by atoms with Crippen molar-refractivity contribution in [2.45, 2.75) is 26.3 Å². The Bertz CT molecular complexity index is 678. The average molecular weight is 408 g/mol. The highest BCUT2D eigenvalue weighted by molar-refractivity contribution is 7.09. The van der Waals surface area contributed by atoms with Crippen molar-refractivity contribution in [3.8, 4) is 0 Å². The predicted molar refractivity (Wildman–Crippen MR) is 103 cm³/mol. The molecule has 0 spiro atoms. The number of aryl methyl sites for hydroxylation is 1. The fraction of sp³-hybridized carbons (Fsp3) is 0.533. The highest BCUT2D eigenvalue weighted by Crippen LogP contribution is 2.20. The van der Waals surface area contributed by atoms with Crippen molar-refractivity contribution in [2.24, 2.45) is 5.73 Å². The van der Waals surface area contributed by atoms with Crippen molar-refractivity contribution in [3.63, 3.8) is 0 Å². The van der Waals surface area contributed by atoms with E-state index in [-0.39, 0.29) is 30.7 Å². The molecule has 1 amide bonds. The van der Waals surface area contributed by atoms with Gasteiger partial charge in [-0.05, 0) is 12.5 Å². The third kappa shape index (κ3) is 5.07. The van der Waals surface area contributed by atoms with Crippen LogP contribution in [0.2, 0.25) is 0 Å². The Balaban J connectivity index is 0.00000156. The Kier molecular flexibility index (Phi) is 8.64. The molecule has 0 aliphatic carbocycles. The molecule has 0 atom stereocenters. The maximum absolute atomic E-state index is 12.6.